The second kappa shape index (κ2) is 11.9. The third-order valence-electron chi connectivity index (χ3n) is 13.9. The Hall–Kier alpha value is -0.700. The van der Waals surface area contributed by atoms with E-state index in [2.05, 4.69) is 32.9 Å². The molecule has 13 nitrogen and oxygen atoms in total. The van der Waals surface area contributed by atoms with Gasteiger partial charge in [0, 0.05) is 45.3 Å². The minimum Gasteiger partial charge on any atom is -0.345 e. The average molecular weight is 700 g/mol. The quantitative estimate of drug-likeness (QED) is 0.122. The van der Waals surface area contributed by atoms with Crippen LogP contribution in [-0.4, -0.2) is 67.5 Å². The van der Waals surface area contributed by atoms with Crippen molar-refractivity contribution in [3.8, 4) is 0 Å². The molecule has 0 amide bonds. The normalized spacial score (nSPS) is 54.5. The van der Waals surface area contributed by atoms with Gasteiger partial charge in [-0.2, -0.15) is 0 Å². The Bertz CT molecular complexity index is 1330. The first kappa shape index (κ1) is 34.4. The molecule has 0 radical (unpaired) electrons. The highest BCUT2D eigenvalue weighted by Crippen LogP contribution is 2.63. The van der Waals surface area contributed by atoms with Gasteiger partial charge in [0.25, 0.3) is 0 Å². The number of phosphoric acid groups is 1. The van der Waals surface area contributed by atoms with Crippen LogP contribution < -0.4 is 0 Å². The van der Waals surface area contributed by atoms with Crippen LogP contribution in [0.1, 0.15) is 99.3 Å². The molecule has 0 aromatic carbocycles. The summed E-state index contributed by atoms with van der Waals surface area (Å²) in [5, 5.41) is 4.55. The Morgan fingerprint density at radius 2 is 1.23 bits per heavy atom. The second-order valence-electron chi connectivity index (χ2n) is 16.5. The first-order chi connectivity index (χ1) is 22.8. The molecule has 0 N–H and O–H groups in total. The van der Waals surface area contributed by atoms with Crippen molar-refractivity contribution in [3.05, 3.63) is 0 Å². The number of nitrogens with zero attached hydrogens (tertiary/aromatic N) is 1. The van der Waals surface area contributed by atoms with Crippen molar-refractivity contribution in [3.63, 3.8) is 0 Å². The van der Waals surface area contributed by atoms with Crippen molar-refractivity contribution in [2.45, 2.75) is 147 Å². The molecule has 272 valence electrons. The molecule has 8 saturated heterocycles. The van der Waals surface area contributed by atoms with Crippen molar-refractivity contribution < 1.29 is 56.7 Å². The summed E-state index contributed by atoms with van der Waals surface area (Å²) < 4.78 is 56.2. The molecule has 0 aromatic heterocycles. The van der Waals surface area contributed by atoms with E-state index in [9.17, 15) is 4.57 Å². The van der Waals surface area contributed by atoms with Gasteiger partial charge in [-0.25, -0.2) is 24.1 Å². The third-order valence-corrected chi connectivity index (χ3v) is 15.1. The molecule has 10 aliphatic rings. The van der Waals surface area contributed by atoms with Gasteiger partial charge in [0.15, 0.2) is 23.8 Å². The van der Waals surface area contributed by atoms with Gasteiger partial charge in [0.05, 0.1) is 11.8 Å². The smallest absolute Gasteiger partial charge is 0.345 e. The number of rotatable bonds is 7. The van der Waals surface area contributed by atoms with Crippen LogP contribution in [0.5, 0.6) is 0 Å². The number of ether oxygens (including phenoxy) is 4. The lowest BCUT2D eigenvalue weighted by molar-refractivity contribution is -0.571. The minimum atomic E-state index is -3.96. The summed E-state index contributed by atoms with van der Waals surface area (Å²) in [4.78, 5) is 24.8. The summed E-state index contributed by atoms with van der Waals surface area (Å²) in [5.74, 6) is -0.250. The van der Waals surface area contributed by atoms with Crippen molar-refractivity contribution in [1.29, 1.82) is 0 Å². The number of hydrogen-bond donors (Lipinski definition) is 0. The molecule has 16 atom stereocenters. The van der Waals surface area contributed by atoms with E-state index in [1.54, 1.807) is 0 Å². The molecule has 2 spiro atoms. The van der Waals surface area contributed by atoms with Gasteiger partial charge in [0.1, 0.15) is 6.10 Å². The topological polar surface area (TPSA) is 131 Å². The van der Waals surface area contributed by atoms with Gasteiger partial charge in [-0.3, -0.25) is 13.7 Å². The lowest BCUT2D eigenvalue weighted by Gasteiger charge is -2.61. The number of phosphoric ester groups is 1. The molecular formula is C34H54NO12P. The monoisotopic (exact) mass is 699 g/mol. The lowest BCUT2D eigenvalue weighted by atomic mass is 9.56. The minimum absolute atomic E-state index is 0.0543. The number of fused-ring (bicyclic) bond motifs is 4. The van der Waals surface area contributed by atoms with Crippen LogP contribution in [0.2, 0.25) is 0 Å². The molecule has 4 bridgehead atoms. The van der Waals surface area contributed by atoms with E-state index in [4.69, 9.17) is 52.2 Å². The van der Waals surface area contributed by atoms with E-state index < -0.39 is 49.3 Å². The molecule has 8 aliphatic heterocycles. The maximum absolute atomic E-state index is 13.2. The van der Waals surface area contributed by atoms with Crippen LogP contribution in [0.15, 0.2) is 5.16 Å². The number of oxime groups is 1. The number of hydrogen-bond acceptors (Lipinski definition) is 13. The van der Waals surface area contributed by atoms with Crippen LogP contribution in [0.4, 0.5) is 0 Å². The molecule has 10 rings (SSSR count). The fourth-order valence-corrected chi connectivity index (χ4v) is 11.6. The molecule has 2 aliphatic carbocycles. The highest BCUT2D eigenvalue weighted by Gasteiger charge is 2.71. The van der Waals surface area contributed by atoms with Crippen molar-refractivity contribution >= 4 is 13.5 Å². The van der Waals surface area contributed by atoms with Gasteiger partial charge in [-0.05, 0) is 87.9 Å². The van der Waals surface area contributed by atoms with E-state index in [0.29, 0.717) is 30.4 Å². The molecule has 48 heavy (non-hydrogen) atoms. The molecule has 14 heteroatoms. The van der Waals surface area contributed by atoms with Gasteiger partial charge in [0.2, 0.25) is 11.6 Å². The summed E-state index contributed by atoms with van der Waals surface area (Å²) in [7, 11) is -1.41. The maximum Gasteiger partial charge on any atom is 0.549 e. The Labute approximate surface area is 283 Å². The summed E-state index contributed by atoms with van der Waals surface area (Å²) in [5.41, 5.74) is -0.875. The Kier molecular flexibility index (Phi) is 8.54. The standard InChI is InChI=1S/C34H54NO12P/c1-18-9-11-24-20(3)27(39-29-33(24)22(18)13-15-31(5,41-29)43-45-33)17-26(35-47-48(36,37-7)38-8)28-21(4)25-12-10-19(2)23-14-16-32(6)42-30(40-28)34(23,25)46-44-32/h18-25,27-30H,9-17H2,1-8H3/b35-26-/t18-,19-,20-,21-,22+,23+,24+,25+,27-,28+,29-,30-,31+,32+,33?,34?/m1/s1. The van der Waals surface area contributed by atoms with Gasteiger partial charge < -0.3 is 18.9 Å². The first-order valence-corrected chi connectivity index (χ1v) is 19.6. The molecular weight excluding hydrogens is 645 g/mol. The van der Waals surface area contributed by atoms with E-state index in [1.807, 2.05) is 13.8 Å². The average Bonchev–Trinajstić information content (AvgIpc) is 3.44. The highest BCUT2D eigenvalue weighted by atomic mass is 31.2. The Morgan fingerprint density at radius 3 is 1.77 bits per heavy atom. The van der Waals surface area contributed by atoms with Crippen LogP contribution in [-0.2, 0) is 56.7 Å². The van der Waals surface area contributed by atoms with Gasteiger partial charge >= 0.3 is 7.82 Å². The first-order valence-electron chi connectivity index (χ1n) is 18.2. The molecule has 2 saturated carbocycles. The lowest BCUT2D eigenvalue weighted by Crippen LogP contribution is -2.71. The molecule has 10 fully saturated rings. The zero-order chi connectivity index (χ0) is 33.9. The van der Waals surface area contributed by atoms with E-state index in [1.165, 1.54) is 14.2 Å². The van der Waals surface area contributed by atoms with E-state index in [-0.39, 0.29) is 41.6 Å². The second-order valence-corrected chi connectivity index (χ2v) is 18.2. The molecule has 8 heterocycles. The Balaban J connectivity index is 1.14. The van der Waals surface area contributed by atoms with Gasteiger partial charge in [-0.1, -0.05) is 32.9 Å². The molecule has 2 unspecified atom stereocenters. The van der Waals surface area contributed by atoms with E-state index >= 15 is 0 Å². The fourth-order valence-electron chi connectivity index (χ4n) is 11.2. The highest BCUT2D eigenvalue weighted by molar-refractivity contribution is 7.48. The summed E-state index contributed by atoms with van der Waals surface area (Å²) in [6.07, 6.45) is 5.58. The summed E-state index contributed by atoms with van der Waals surface area (Å²) in [6.45, 7) is 12.8. The van der Waals surface area contributed by atoms with Gasteiger partial charge in [-0.15, -0.1) is 0 Å². The predicted octanol–water partition coefficient (Wildman–Crippen LogP) is 6.65. The maximum atomic E-state index is 13.2. The summed E-state index contributed by atoms with van der Waals surface area (Å²) in [6, 6.07) is 0. The van der Waals surface area contributed by atoms with Crippen LogP contribution in [0.25, 0.3) is 0 Å². The zero-order valence-electron chi connectivity index (χ0n) is 29.6. The van der Waals surface area contributed by atoms with Crippen LogP contribution in [0.3, 0.4) is 0 Å². The molecule has 0 aromatic rings. The van der Waals surface area contributed by atoms with Crippen molar-refractivity contribution in [2.24, 2.45) is 52.5 Å². The fraction of sp³-hybridized carbons (Fsp3) is 0.971. The van der Waals surface area contributed by atoms with Crippen LogP contribution in [0, 0.1) is 47.3 Å². The van der Waals surface area contributed by atoms with Crippen LogP contribution >= 0.6 is 7.82 Å². The van der Waals surface area contributed by atoms with Crippen molar-refractivity contribution in [1.82, 2.24) is 0 Å². The largest absolute Gasteiger partial charge is 0.549 e. The van der Waals surface area contributed by atoms with E-state index in [0.717, 1.165) is 44.9 Å². The third kappa shape index (κ3) is 5.00. The Morgan fingerprint density at radius 1 is 0.708 bits per heavy atom. The predicted molar refractivity (Wildman–Crippen MR) is 168 cm³/mol. The zero-order valence-corrected chi connectivity index (χ0v) is 30.5. The van der Waals surface area contributed by atoms with Crippen molar-refractivity contribution in [2.75, 3.05) is 14.2 Å². The summed E-state index contributed by atoms with van der Waals surface area (Å²) >= 11 is 0. The SMILES string of the molecule is COP(=O)(OC)O/N=C(/C[C@H]1O[C@@H]2O[C@]3(C)CC[C@H]4[C@H](C)CC[C@@H]([C@H]1C)C24OO3)[C@H]1O[C@@H]2O[C@]3(C)CC[C@H]4[C@H](C)CC[C@@H]([C@H]1C)C24OO3.